The van der Waals surface area contributed by atoms with Crippen molar-refractivity contribution in [2.45, 2.75) is 33.6 Å². The van der Waals surface area contributed by atoms with Gasteiger partial charge < -0.3 is 5.11 Å². The van der Waals surface area contributed by atoms with Crippen molar-refractivity contribution in [2.75, 3.05) is 0 Å². The Morgan fingerprint density at radius 1 is 1.36 bits per heavy atom. The Balaban J connectivity index is 3.13. The van der Waals surface area contributed by atoms with Crippen molar-refractivity contribution in [3.63, 3.8) is 0 Å². The van der Waals surface area contributed by atoms with Crippen LogP contribution < -0.4 is 0 Å². The summed E-state index contributed by atoms with van der Waals surface area (Å²) in [4.78, 5) is 4.23. The van der Waals surface area contributed by atoms with Crippen LogP contribution in [0.1, 0.15) is 44.9 Å². The summed E-state index contributed by atoms with van der Waals surface area (Å²) in [6.45, 7) is 7.84. The minimum absolute atomic E-state index is 0.332. The van der Waals surface area contributed by atoms with E-state index in [1.54, 1.807) is 13.1 Å². The van der Waals surface area contributed by atoms with E-state index in [0.29, 0.717) is 11.7 Å². The lowest BCUT2D eigenvalue weighted by atomic mass is 10.0. The second-order valence-corrected chi connectivity index (χ2v) is 3.84. The molecule has 1 N–H and O–H groups in total. The Bertz CT molecular complexity index is 349. The third-order valence-electron chi connectivity index (χ3n) is 2.38. The van der Waals surface area contributed by atoms with Crippen molar-refractivity contribution >= 4 is 5.57 Å². The van der Waals surface area contributed by atoms with E-state index in [0.717, 1.165) is 11.3 Å². The molecule has 0 fully saturated rings. The summed E-state index contributed by atoms with van der Waals surface area (Å²) < 4.78 is 0. The first-order chi connectivity index (χ1) is 6.52. The van der Waals surface area contributed by atoms with Crippen LogP contribution in [0, 0.1) is 0 Å². The lowest BCUT2D eigenvalue weighted by molar-refractivity contribution is 0.416. The van der Waals surface area contributed by atoms with E-state index >= 15 is 0 Å². The zero-order chi connectivity index (χ0) is 10.7. The van der Waals surface area contributed by atoms with Gasteiger partial charge in [-0.1, -0.05) is 13.8 Å². The molecule has 0 aliphatic carbocycles. The van der Waals surface area contributed by atoms with Crippen LogP contribution in [0.15, 0.2) is 24.1 Å². The smallest absolute Gasteiger partial charge is 0.0942 e. The van der Waals surface area contributed by atoms with Gasteiger partial charge in [0.25, 0.3) is 0 Å². The molecule has 0 aliphatic rings. The molecule has 0 aliphatic heterocycles. The van der Waals surface area contributed by atoms with Crippen LogP contribution in [0.5, 0.6) is 0 Å². The minimum atomic E-state index is 0.332. The van der Waals surface area contributed by atoms with Gasteiger partial charge in [-0.15, -0.1) is 0 Å². The molecule has 2 nitrogen and oxygen atoms in total. The third kappa shape index (κ3) is 2.34. The molecule has 76 valence electrons. The predicted molar refractivity (Wildman–Crippen MR) is 59.2 cm³/mol. The van der Waals surface area contributed by atoms with Crippen molar-refractivity contribution in [1.29, 1.82) is 0 Å². The summed E-state index contributed by atoms with van der Waals surface area (Å²) in [5, 5.41) is 9.34. The van der Waals surface area contributed by atoms with Crippen LogP contribution in [0.3, 0.4) is 0 Å². The first-order valence-corrected chi connectivity index (χ1v) is 4.85. The number of aromatic nitrogens is 1. The Morgan fingerprint density at radius 3 is 2.50 bits per heavy atom. The molecule has 0 saturated carbocycles. The number of aliphatic hydroxyl groups excluding tert-OH is 1. The molecule has 0 atom stereocenters. The normalized spacial score (nSPS) is 12.9. The van der Waals surface area contributed by atoms with Gasteiger partial charge in [-0.3, -0.25) is 4.98 Å². The number of pyridine rings is 1. The van der Waals surface area contributed by atoms with Crippen molar-refractivity contribution < 1.29 is 5.11 Å². The molecule has 0 spiro atoms. The summed E-state index contributed by atoms with van der Waals surface area (Å²) in [5.74, 6) is 0.821. The molecule has 1 heterocycles. The second kappa shape index (κ2) is 4.27. The molecule has 1 rings (SSSR count). The van der Waals surface area contributed by atoms with Gasteiger partial charge in [0.15, 0.2) is 0 Å². The molecule has 0 unspecified atom stereocenters. The molecule has 0 radical (unpaired) electrons. The lowest BCUT2D eigenvalue weighted by Crippen LogP contribution is -1.93. The fourth-order valence-electron chi connectivity index (χ4n) is 1.20. The van der Waals surface area contributed by atoms with Gasteiger partial charge >= 0.3 is 0 Å². The number of hydrogen-bond acceptors (Lipinski definition) is 2. The monoisotopic (exact) mass is 191 g/mol. The molecular formula is C12H17NO. The van der Waals surface area contributed by atoms with Gasteiger partial charge in [-0.05, 0) is 37.5 Å². The van der Waals surface area contributed by atoms with Crippen molar-refractivity contribution in [2.24, 2.45) is 0 Å². The Labute approximate surface area is 85.3 Å². The van der Waals surface area contributed by atoms with Crippen LogP contribution in [0.4, 0.5) is 0 Å². The van der Waals surface area contributed by atoms with Gasteiger partial charge in [0.2, 0.25) is 0 Å². The number of nitrogens with zero attached hydrogens (tertiary/aromatic N) is 1. The van der Waals surface area contributed by atoms with Gasteiger partial charge in [-0.2, -0.15) is 0 Å². The van der Waals surface area contributed by atoms with E-state index in [-0.39, 0.29) is 0 Å². The maximum Gasteiger partial charge on any atom is 0.0942 e. The van der Waals surface area contributed by atoms with E-state index in [9.17, 15) is 5.11 Å². The molecule has 14 heavy (non-hydrogen) atoms. The highest BCUT2D eigenvalue weighted by Gasteiger charge is 2.04. The first-order valence-electron chi connectivity index (χ1n) is 4.85. The van der Waals surface area contributed by atoms with E-state index in [4.69, 9.17) is 0 Å². The standard InChI is InChI=1S/C12H17NO/c1-8(2)11-5-6-13-12(7-11)9(3)10(4)14/h5-8,14H,1-4H3/b10-9-. The number of rotatable bonds is 2. The number of aliphatic hydroxyl groups is 1. The highest BCUT2D eigenvalue weighted by atomic mass is 16.3. The molecule has 0 bridgehead atoms. The fraction of sp³-hybridized carbons (Fsp3) is 0.417. The minimum Gasteiger partial charge on any atom is -0.512 e. The summed E-state index contributed by atoms with van der Waals surface area (Å²) in [6.07, 6.45) is 1.79. The second-order valence-electron chi connectivity index (χ2n) is 3.84. The van der Waals surface area contributed by atoms with Crippen LogP contribution in [-0.2, 0) is 0 Å². The van der Waals surface area contributed by atoms with Crippen molar-refractivity contribution in [3.8, 4) is 0 Å². The highest BCUT2D eigenvalue weighted by Crippen LogP contribution is 2.19. The lowest BCUT2D eigenvalue weighted by Gasteiger charge is -2.07. The first kappa shape index (κ1) is 10.8. The van der Waals surface area contributed by atoms with Gasteiger partial charge in [0.05, 0.1) is 11.5 Å². The molecule has 0 saturated heterocycles. The van der Waals surface area contributed by atoms with E-state index < -0.39 is 0 Å². The maximum atomic E-state index is 9.34. The molecule has 1 aromatic heterocycles. The average Bonchev–Trinajstić information content (AvgIpc) is 2.16. The topological polar surface area (TPSA) is 33.1 Å². The molecule has 2 heteroatoms. The van der Waals surface area contributed by atoms with Gasteiger partial charge in [0, 0.05) is 11.8 Å². The highest BCUT2D eigenvalue weighted by molar-refractivity contribution is 5.62. The zero-order valence-electron chi connectivity index (χ0n) is 9.20. The Hall–Kier alpha value is -1.31. The SMILES string of the molecule is C/C(O)=C(\C)c1cc(C(C)C)ccn1. The molecule has 0 amide bonds. The van der Waals surface area contributed by atoms with E-state index in [2.05, 4.69) is 18.8 Å². The van der Waals surface area contributed by atoms with Crippen molar-refractivity contribution in [3.05, 3.63) is 35.3 Å². The van der Waals surface area contributed by atoms with Crippen LogP contribution >= 0.6 is 0 Å². The summed E-state index contributed by atoms with van der Waals surface area (Å²) in [7, 11) is 0. The summed E-state index contributed by atoms with van der Waals surface area (Å²) in [5.41, 5.74) is 2.94. The van der Waals surface area contributed by atoms with E-state index in [1.165, 1.54) is 5.56 Å². The predicted octanol–water partition coefficient (Wildman–Crippen LogP) is 3.51. The quantitative estimate of drug-likeness (QED) is 0.725. The van der Waals surface area contributed by atoms with Crippen molar-refractivity contribution in [1.82, 2.24) is 4.98 Å². The zero-order valence-corrected chi connectivity index (χ0v) is 9.20. The fourth-order valence-corrected chi connectivity index (χ4v) is 1.20. The van der Waals surface area contributed by atoms with Crippen LogP contribution in [0.2, 0.25) is 0 Å². The Kier molecular flexibility index (Phi) is 3.28. The number of hydrogen-bond donors (Lipinski definition) is 1. The summed E-state index contributed by atoms with van der Waals surface area (Å²) >= 11 is 0. The largest absolute Gasteiger partial charge is 0.512 e. The van der Waals surface area contributed by atoms with E-state index in [1.807, 2.05) is 19.1 Å². The Morgan fingerprint density at radius 2 is 2.00 bits per heavy atom. The number of allylic oxidation sites excluding steroid dienone is 2. The third-order valence-corrected chi connectivity index (χ3v) is 2.38. The van der Waals surface area contributed by atoms with Gasteiger partial charge in [0.1, 0.15) is 0 Å². The molecule has 1 aromatic rings. The van der Waals surface area contributed by atoms with Crippen LogP contribution in [0.25, 0.3) is 5.57 Å². The summed E-state index contributed by atoms with van der Waals surface area (Å²) in [6, 6.07) is 4.04. The van der Waals surface area contributed by atoms with Crippen LogP contribution in [-0.4, -0.2) is 10.1 Å². The van der Waals surface area contributed by atoms with Gasteiger partial charge in [-0.25, -0.2) is 0 Å². The maximum absolute atomic E-state index is 9.34. The molecule has 0 aromatic carbocycles. The average molecular weight is 191 g/mol. The molecular weight excluding hydrogens is 174 g/mol.